The predicted octanol–water partition coefficient (Wildman–Crippen LogP) is 1.17. The largest absolute Gasteiger partial charge is 0.409 e. The maximum atomic E-state index is 13.4. The topological polar surface area (TPSA) is 78.9 Å². The number of hydrogen-bond donors (Lipinski definition) is 2. The summed E-state index contributed by atoms with van der Waals surface area (Å²) in [5, 5.41) is 11.3. The number of rotatable bonds is 4. The zero-order valence-electron chi connectivity index (χ0n) is 10.3. The van der Waals surface area contributed by atoms with E-state index in [2.05, 4.69) is 5.16 Å². The third-order valence-electron chi connectivity index (χ3n) is 2.67. The number of benzene rings is 1. The maximum Gasteiger partial charge on any atom is 0.233 e. The van der Waals surface area contributed by atoms with Crippen LogP contribution in [-0.4, -0.2) is 28.9 Å². The molecule has 1 amide bonds. The molecule has 5 nitrogen and oxygen atoms in total. The first-order valence-corrected chi connectivity index (χ1v) is 5.43. The van der Waals surface area contributed by atoms with Crippen LogP contribution >= 0.6 is 0 Å². The average Bonchev–Trinajstić information content (AvgIpc) is 2.38. The highest BCUT2D eigenvalue weighted by Gasteiger charge is 2.21. The molecule has 0 aromatic heterocycles. The standard InChI is InChI=1S/C12H16FN3O2/c1-8(11(14)15-18)12(17)16(2)7-9-5-3-4-6-10(9)13/h3-6,8,18H,7H2,1-2H3,(H2,14,15). The Balaban J connectivity index is 2.75. The highest BCUT2D eigenvalue weighted by Crippen LogP contribution is 2.11. The summed E-state index contributed by atoms with van der Waals surface area (Å²) in [6.45, 7) is 1.66. The van der Waals surface area contributed by atoms with E-state index >= 15 is 0 Å². The van der Waals surface area contributed by atoms with Crippen LogP contribution in [0.1, 0.15) is 12.5 Å². The van der Waals surface area contributed by atoms with Gasteiger partial charge < -0.3 is 15.8 Å². The third kappa shape index (κ3) is 3.19. The van der Waals surface area contributed by atoms with Crippen molar-refractivity contribution in [2.45, 2.75) is 13.5 Å². The molecule has 0 fully saturated rings. The zero-order chi connectivity index (χ0) is 13.7. The van der Waals surface area contributed by atoms with Crippen molar-refractivity contribution in [2.24, 2.45) is 16.8 Å². The minimum Gasteiger partial charge on any atom is -0.409 e. The number of amides is 1. The molecule has 0 bridgehead atoms. The molecule has 0 saturated carbocycles. The number of carbonyl (C=O) groups excluding carboxylic acids is 1. The predicted molar refractivity (Wildman–Crippen MR) is 65.4 cm³/mol. The summed E-state index contributed by atoms with van der Waals surface area (Å²) in [6, 6.07) is 6.22. The lowest BCUT2D eigenvalue weighted by molar-refractivity contribution is -0.132. The smallest absolute Gasteiger partial charge is 0.233 e. The van der Waals surface area contributed by atoms with Crippen LogP contribution in [-0.2, 0) is 11.3 Å². The van der Waals surface area contributed by atoms with Crippen LogP contribution in [0, 0.1) is 11.7 Å². The Kier molecular flexibility index (Phi) is 4.65. The van der Waals surface area contributed by atoms with E-state index in [4.69, 9.17) is 10.9 Å². The minimum absolute atomic E-state index is 0.133. The molecule has 0 aliphatic heterocycles. The zero-order valence-corrected chi connectivity index (χ0v) is 10.3. The van der Waals surface area contributed by atoms with E-state index in [1.165, 1.54) is 24.9 Å². The highest BCUT2D eigenvalue weighted by atomic mass is 19.1. The van der Waals surface area contributed by atoms with Crippen molar-refractivity contribution in [1.82, 2.24) is 4.90 Å². The summed E-state index contributed by atoms with van der Waals surface area (Å²) >= 11 is 0. The van der Waals surface area contributed by atoms with Gasteiger partial charge in [-0.05, 0) is 13.0 Å². The van der Waals surface area contributed by atoms with E-state index in [1.807, 2.05) is 0 Å². The van der Waals surface area contributed by atoms with E-state index < -0.39 is 5.92 Å². The first-order chi connectivity index (χ1) is 8.47. The van der Waals surface area contributed by atoms with Gasteiger partial charge in [-0.3, -0.25) is 4.79 Å². The van der Waals surface area contributed by atoms with Gasteiger partial charge >= 0.3 is 0 Å². The Hall–Kier alpha value is -2.11. The Morgan fingerprint density at radius 3 is 2.72 bits per heavy atom. The highest BCUT2D eigenvalue weighted by molar-refractivity contribution is 6.01. The third-order valence-corrected chi connectivity index (χ3v) is 2.67. The molecular formula is C12H16FN3O2. The monoisotopic (exact) mass is 253 g/mol. The Labute approximate surface area is 105 Å². The van der Waals surface area contributed by atoms with Gasteiger partial charge in [0.2, 0.25) is 5.91 Å². The summed E-state index contributed by atoms with van der Waals surface area (Å²) in [5.74, 6) is -1.62. The summed E-state index contributed by atoms with van der Waals surface area (Å²) in [7, 11) is 1.54. The van der Waals surface area contributed by atoms with Crippen LogP contribution < -0.4 is 5.73 Å². The van der Waals surface area contributed by atoms with Crippen LogP contribution in [0.25, 0.3) is 0 Å². The molecule has 0 heterocycles. The molecule has 0 saturated heterocycles. The Morgan fingerprint density at radius 1 is 1.56 bits per heavy atom. The fourth-order valence-corrected chi connectivity index (χ4v) is 1.50. The summed E-state index contributed by atoms with van der Waals surface area (Å²) < 4.78 is 13.4. The molecule has 6 heteroatoms. The maximum absolute atomic E-state index is 13.4. The number of amidine groups is 1. The Bertz CT molecular complexity index is 462. The van der Waals surface area contributed by atoms with E-state index in [0.717, 1.165) is 0 Å². The van der Waals surface area contributed by atoms with Crippen LogP contribution in [0.4, 0.5) is 4.39 Å². The fraction of sp³-hybridized carbons (Fsp3) is 0.333. The van der Waals surface area contributed by atoms with Gasteiger partial charge in [0.1, 0.15) is 5.82 Å². The molecule has 0 aliphatic carbocycles. The molecular weight excluding hydrogens is 237 g/mol. The molecule has 1 rings (SSSR count). The lowest BCUT2D eigenvalue weighted by Crippen LogP contribution is -2.38. The van der Waals surface area contributed by atoms with Crippen molar-refractivity contribution in [3.8, 4) is 0 Å². The summed E-state index contributed by atoms with van der Waals surface area (Å²) in [4.78, 5) is 13.2. The fourth-order valence-electron chi connectivity index (χ4n) is 1.50. The van der Waals surface area contributed by atoms with Crippen LogP contribution in [0.15, 0.2) is 29.4 Å². The number of halogens is 1. The van der Waals surface area contributed by atoms with Crippen LogP contribution in [0.3, 0.4) is 0 Å². The van der Waals surface area contributed by atoms with Crippen molar-refractivity contribution < 1.29 is 14.4 Å². The van der Waals surface area contributed by atoms with Crippen molar-refractivity contribution >= 4 is 11.7 Å². The second-order valence-electron chi connectivity index (χ2n) is 4.03. The van der Waals surface area contributed by atoms with Gasteiger partial charge in [0, 0.05) is 19.2 Å². The van der Waals surface area contributed by atoms with Crippen molar-refractivity contribution in [1.29, 1.82) is 0 Å². The lowest BCUT2D eigenvalue weighted by atomic mass is 10.1. The average molecular weight is 253 g/mol. The van der Waals surface area contributed by atoms with Gasteiger partial charge in [-0.2, -0.15) is 0 Å². The quantitative estimate of drug-likeness (QED) is 0.366. The number of oxime groups is 1. The molecule has 0 aliphatic rings. The van der Waals surface area contributed by atoms with Crippen molar-refractivity contribution in [3.05, 3.63) is 35.6 Å². The molecule has 3 N–H and O–H groups in total. The lowest BCUT2D eigenvalue weighted by Gasteiger charge is -2.21. The Morgan fingerprint density at radius 2 is 2.17 bits per heavy atom. The molecule has 1 atom stereocenters. The van der Waals surface area contributed by atoms with E-state index in [1.54, 1.807) is 18.2 Å². The van der Waals surface area contributed by atoms with E-state index in [0.29, 0.717) is 5.56 Å². The second-order valence-corrected chi connectivity index (χ2v) is 4.03. The van der Waals surface area contributed by atoms with Gasteiger partial charge in [0.15, 0.2) is 5.84 Å². The van der Waals surface area contributed by atoms with Gasteiger partial charge in [-0.25, -0.2) is 4.39 Å². The number of nitrogens with two attached hydrogens (primary N) is 1. The second kappa shape index (κ2) is 6.00. The van der Waals surface area contributed by atoms with E-state index in [9.17, 15) is 9.18 Å². The summed E-state index contributed by atoms with van der Waals surface area (Å²) in [6.07, 6.45) is 0. The molecule has 18 heavy (non-hydrogen) atoms. The van der Waals surface area contributed by atoms with Crippen LogP contribution in [0.2, 0.25) is 0 Å². The molecule has 1 aromatic carbocycles. The molecule has 98 valence electrons. The summed E-state index contributed by atoms with van der Waals surface area (Å²) in [5.41, 5.74) is 5.77. The van der Waals surface area contributed by atoms with Crippen molar-refractivity contribution in [2.75, 3.05) is 7.05 Å². The molecule has 0 spiro atoms. The van der Waals surface area contributed by atoms with Crippen LogP contribution in [0.5, 0.6) is 0 Å². The number of carbonyl (C=O) groups is 1. The minimum atomic E-state index is -0.744. The van der Waals surface area contributed by atoms with Gasteiger partial charge in [0.05, 0.1) is 5.92 Å². The van der Waals surface area contributed by atoms with Crippen molar-refractivity contribution in [3.63, 3.8) is 0 Å². The molecule has 1 aromatic rings. The van der Waals surface area contributed by atoms with E-state index in [-0.39, 0.29) is 24.1 Å². The molecule has 0 radical (unpaired) electrons. The normalized spacial score (nSPS) is 13.2. The first kappa shape index (κ1) is 14.0. The van der Waals surface area contributed by atoms with Gasteiger partial charge in [-0.1, -0.05) is 23.4 Å². The van der Waals surface area contributed by atoms with Gasteiger partial charge in [-0.15, -0.1) is 0 Å². The first-order valence-electron chi connectivity index (χ1n) is 5.43. The SMILES string of the molecule is CC(C(=O)N(C)Cc1ccccc1F)C(N)=NO. The number of hydrogen-bond acceptors (Lipinski definition) is 3. The molecule has 1 unspecified atom stereocenters. The van der Waals surface area contributed by atoms with Gasteiger partial charge in [0.25, 0.3) is 0 Å². The number of nitrogens with zero attached hydrogens (tertiary/aromatic N) is 2.